The molecule has 0 radical (unpaired) electrons. The number of pyridine rings is 1. The van der Waals surface area contributed by atoms with Crippen molar-refractivity contribution in [2.75, 3.05) is 0 Å². The first-order valence-electron chi connectivity index (χ1n) is 3.53. The zero-order valence-corrected chi connectivity index (χ0v) is 9.68. The largest absolute Gasteiger partial charge is 0.266 e. The Balaban J connectivity index is 3.37. The van der Waals surface area contributed by atoms with Crippen molar-refractivity contribution in [2.45, 2.75) is 12.3 Å². The van der Waals surface area contributed by atoms with E-state index in [2.05, 4.69) is 4.98 Å². The minimum atomic E-state index is -2.62. The second-order valence-electron chi connectivity index (χ2n) is 2.40. The van der Waals surface area contributed by atoms with Crippen LogP contribution in [0.25, 0.3) is 0 Å². The summed E-state index contributed by atoms with van der Waals surface area (Å²) in [5.74, 6) is 0.0441. The third-order valence-electron chi connectivity index (χ3n) is 1.59. The third kappa shape index (κ3) is 2.12. The van der Waals surface area contributed by atoms with Gasteiger partial charge in [-0.2, -0.15) is 5.26 Å². The highest BCUT2D eigenvalue weighted by molar-refractivity contribution is 14.1. The van der Waals surface area contributed by atoms with Crippen LogP contribution < -0.4 is 0 Å². The summed E-state index contributed by atoms with van der Waals surface area (Å²) < 4.78 is 25.0. The molecule has 0 atom stereocenters. The molecule has 14 heavy (non-hydrogen) atoms. The number of rotatable bonds is 2. The predicted molar refractivity (Wildman–Crippen MR) is 56.2 cm³/mol. The van der Waals surface area contributed by atoms with E-state index in [9.17, 15) is 8.78 Å². The summed E-state index contributed by atoms with van der Waals surface area (Å²) in [4.78, 5) is 3.71. The quantitative estimate of drug-likeness (QED) is 0.617. The number of aromatic nitrogens is 1. The molecule has 0 N–H and O–H groups in total. The minimum absolute atomic E-state index is 0.0441. The maximum absolute atomic E-state index is 12.4. The molecule has 0 aliphatic rings. The first-order valence-corrected chi connectivity index (χ1v) is 5.14. The van der Waals surface area contributed by atoms with E-state index in [1.807, 2.05) is 6.07 Å². The van der Waals surface area contributed by atoms with Crippen molar-refractivity contribution >= 4 is 34.2 Å². The number of nitriles is 1. The second kappa shape index (κ2) is 4.84. The van der Waals surface area contributed by atoms with Gasteiger partial charge in [0.25, 0.3) is 6.43 Å². The average molecular weight is 328 g/mol. The van der Waals surface area contributed by atoms with Gasteiger partial charge in [-0.25, -0.2) is 8.78 Å². The van der Waals surface area contributed by atoms with Crippen molar-refractivity contribution in [2.24, 2.45) is 0 Å². The second-order valence-corrected chi connectivity index (χ2v) is 3.74. The van der Waals surface area contributed by atoms with Crippen molar-refractivity contribution < 1.29 is 8.78 Å². The molecule has 0 amide bonds. The van der Waals surface area contributed by atoms with Crippen LogP contribution in [-0.4, -0.2) is 4.98 Å². The molecule has 0 spiro atoms. The number of nitrogens with zero attached hydrogens (tertiary/aromatic N) is 2. The zero-order chi connectivity index (χ0) is 10.7. The van der Waals surface area contributed by atoms with Gasteiger partial charge in [-0.1, -0.05) is 0 Å². The Morgan fingerprint density at radius 1 is 1.64 bits per heavy atom. The average Bonchev–Trinajstić information content (AvgIpc) is 2.16. The number of halogens is 4. The lowest BCUT2D eigenvalue weighted by Gasteiger charge is -2.06. The van der Waals surface area contributed by atoms with Crippen molar-refractivity contribution in [3.8, 4) is 6.07 Å². The molecule has 1 aromatic heterocycles. The van der Waals surface area contributed by atoms with Crippen LogP contribution >= 0.6 is 34.2 Å². The molecule has 1 aromatic rings. The van der Waals surface area contributed by atoms with Gasteiger partial charge in [-0.3, -0.25) is 4.98 Å². The summed E-state index contributed by atoms with van der Waals surface area (Å²) in [6.45, 7) is 0. The lowest BCUT2D eigenvalue weighted by atomic mass is 10.1. The molecule has 0 saturated heterocycles. The Hall–Kier alpha value is -0.480. The Bertz CT molecular complexity index is 390. The van der Waals surface area contributed by atoms with Crippen LogP contribution in [0.2, 0.25) is 0 Å². The Morgan fingerprint density at radius 3 is 2.71 bits per heavy atom. The molecule has 6 heteroatoms. The summed E-state index contributed by atoms with van der Waals surface area (Å²) in [6, 6.07) is 1.82. The van der Waals surface area contributed by atoms with E-state index in [1.165, 1.54) is 0 Å². The van der Waals surface area contributed by atoms with Crippen LogP contribution in [0.1, 0.15) is 23.2 Å². The van der Waals surface area contributed by atoms with E-state index in [-0.39, 0.29) is 20.6 Å². The number of hydrogen-bond donors (Lipinski definition) is 0. The van der Waals surface area contributed by atoms with Gasteiger partial charge in [-0.15, -0.1) is 11.6 Å². The molecular weight excluding hydrogens is 324 g/mol. The molecule has 1 heterocycles. The lowest BCUT2D eigenvalue weighted by Crippen LogP contribution is -2.00. The van der Waals surface area contributed by atoms with E-state index in [0.29, 0.717) is 5.69 Å². The van der Waals surface area contributed by atoms with Crippen LogP contribution in [0.4, 0.5) is 8.78 Å². The maximum Gasteiger partial charge on any atom is 0.266 e. The Labute approximate surface area is 98.0 Å². The summed E-state index contributed by atoms with van der Waals surface area (Å²) >= 11 is 7.21. The molecular formula is C8H4ClF2IN2. The fraction of sp³-hybridized carbons (Fsp3) is 0.250. The van der Waals surface area contributed by atoms with Gasteiger partial charge in [0.1, 0.15) is 6.07 Å². The monoisotopic (exact) mass is 328 g/mol. The Morgan fingerprint density at radius 2 is 2.29 bits per heavy atom. The SMILES string of the molecule is N#Cc1c(CCl)ncc(C(F)F)c1I. The van der Waals surface area contributed by atoms with E-state index in [0.717, 1.165) is 6.20 Å². The molecule has 0 aliphatic carbocycles. The fourth-order valence-corrected chi connectivity index (χ4v) is 1.92. The summed E-state index contributed by atoms with van der Waals surface area (Å²) in [6.07, 6.45) is -1.56. The van der Waals surface area contributed by atoms with Crippen LogP contribution in [0, 0.1) is 14.9 Å². The highest BCUT2D eigenvalue weighted by atomic mass is 127. The van der Waals surface area contributed by atoms with Gasteiger partial charge in [-0.05, 0) is 22.6 Å². The lowest BCUT2D eigenvalue weighted by molar-refractivity contribution is 0.150. The van der Waals surface area contributed by atoms with Crippen molar-refractivity contribution in [3.05, 3.63) is 26.6 Å². The normalized spacial score (nSPS) is 10.3. The molecule has 0 aliphatic heterocycles. The van der Waals surface area contributed by atoms with Crippen LogP contribution in [0.3, 0.4) is 0 Å². The first kappa shape index (κ1) is 11.6. The Kier molecular flexibility index (Phi) is 4.01. The van der Waals surface area contributed by atoms with Gasteiger partial charge >= 0.3 is 0 Å². The summed E-state index contributed by atoms with van der Waals surface area (Å²) in [5.41, 5.74) is 0.248. The third-order valence-corrected chi connectivity index (χ3v) is 3.01. The van der Waals surface area contributed by atoms with Crippen LogP contribution in [0.15, 0.2) is 6.20 Å². The van der Waals surface area contributed by atoms with Gasteiger partial charge in [0.2, 0.25) is 0 Å². The predicted octanol–water partition coefficient (Wildman–Crippen LogP) is 3.23. The van der Waals surface area contributed by atoms with E-state index in [4.69, 9.17) is 16.9 Å². The van der Waals surface area contributed by atoms with Gasteiger partial charge in [0.15, 0.2) is 0 Å². The standard InChI is InChI=1S/C8H4ClF2IN2/c9-1-6-4(2-13)7(12)5(3-14-6)8(10)11/h3,8H,1H2. The molecule has 1 rings (SSSR count). The first-order chi connectivity index (χ1) is 6.61. The summed E-state index contributed by atoms with van der Waals surface area (Å²) in [5, 5.41) is 8.74. The number of hydrogen-bond acceptors (Lipinski definition) is 2. The highest BCUT2D eigenvalue weighted by Gasteiger charge is 2.17. The van der Waals surface area contributed by atoms with Crippen molar-refractivity contribution in [1.82, 2.24) is 4.98 Å². The van der Waals surface area contributed by atoms with Crippen LogP contribution in [0.5, 0.6) is 0 Å². The van der Waals surface area contributed by atoms with Gasteiger partial charge in [0.05, 0.1) is 22.7 Å². The molecule has 0 fully saturated rings. The molecule has 0 saturated carbocycles. The topological polar surface area (TPSA) is 36.7 Å². The smallest absolute Gasteiger partial charge is 0.258 e. The van der Waals surface area contributed by atoms with Crippen molar-refractivity contribution in [1.29, 1.82) is 5.26 Å². The molecule has 2 nitrogen and oxygen atoms in total. The molecule has 0 aromatic carbocycles. The zero-order valence-electron chi connectivity index (χ0n) is 6.77. The number of alkyl halides is 3. The molecule has 74 valence electrons. The van der Waals surface area contributed by atoms with Gasteiger partial charge in [0, 0.05) is 9.77 Å². The van der Waals surface area contributed by atoms with E-state index in [1.54, 1.807) is 22.6 Å². The molecule has 0 unspecified atom stereocenters. The van der Waals surface area contributed by atoms with E-state index >= 15 is 0 Å². The van der Waals surface area contributed by atoms with Gasteiger partial charge < -0.3 is 0 Å². The highest BCUT2D eigenvalue weighted by Crippen LogP contribution is 2.27. The minimum Gasteiger partial charge on any atom is -0.258 e. The fourth-order valence-electron chi connectivity index (χ4n) is 0.907. The maximum atomic E-state index is 12.4. The van der Waals surface area contributed by atoms with Crippen molar-refractivity contribution in [3.63, 3.8) is 0 Å². The van der Waals surface area contributed by atoms with Crippen LogP contribution in [-0.2, 0) is 5.88 Å². The molecule has 0 bridgehead atoms. The van der Waals surface area contributed by atoms with E-state index < -0.39 is 6.43 Å². The summed E-state index contributed by atoms with van der Waals surface area (Å²) in [7, 11) is 0.